The standard InChI is InChI=1S/C15H15IO3/c1-2-13(16)15(18)19-9-10-7-8-14(17)12-6-4-3-5-11(10)12/h3-8,13,17H,2,9H2,1H3. The predicted molar refractivity (Wildman–Crippen MR) is 83.5 cm³/mol. The van der Waals surface area contributed by atoms with Gasteiger partial charge in [0.1, 0.15) is 16.3 Å². The Kier molecular flexibility index (Phi) is 4.63. The van der Waals surface area contributed by atoms with Crippen LogP contribution < -0.4 is 0 Å². The molecule has 1 N–H and O–H groups in total. The van der Waals surface area contributed by atoms with E-state index in [-0.39, 0.29) is 22.3 Å². The first-order valence-corrected chi connectivity index (χ1v) is 7.38. The second-order valence-corrected chi connectivity index (χ2v) is 5.78. The van der Waals surface area contributed by atoms with Crippen LogP contribution >= 0.6 is 22.6 Å². The van der Waals surface area contributed by atoms with Crippen molar-refractivity contribution in [2.75, 3.05) is 0 Å². The van der Waals surface area contributed by atoms with Crippen molar-refractivity contribution in [1.29, 1.82) is 0 Å². The Hall–Kier alpha value is -1.30. The molecule has 100 valence electrons. The number of carbonyl (C=O) groups excluding carboxylic acids is 1. The number of aromatic hydroxyl groups is 1. The molecule has 0 heterocycles. The molecule has 0 saturated carbocycles. The number of hydrogen-bond acceptors (Lipinski definition) is 3. The zero-order valence-corrected chi connectivity index (χ0v) is 12.8. The molecule has 1 atom stereocenters. The van der Waals surface area contributed by atoms with Gasteiger partial charge in [0.25, 0.3) is 0 Å². The summed E-state index contributed by atoms with van der Waals surface area (Å²) in [7, 11) is 0. The monoisotopic (exact) mass is 370 g/mol. The van der Waals surface area contributed by atoms with Crippen molar-refractivity contribution in [2.24, 2.45) is 0 Å². The van der Waals surface area contributed by atoms with Gasteiger partial charge >= 0.3 is 5.97 Å². The number of fused-ring (bicyclic) bond motifs is 1. The highest BCUT2D eigenvalue weighted by atomic mass is 127. The molecule has 0 amide bonds. The molecule has 2 aromatic rings. The van der Waals surface area contributed by atoms with Gasteiger partial charge < -0.3 is 9.84 Å². The van der Waals surface area contributed by atoms with Crippen LogP contribution in [0.2, 0.25) is 0 Å². The Morgan fingerprint density at radius 3 is 2.63 bits per heavy atom. The third-order valence-corrected chi connectivity index (χ3v) is 4.36. The van der Waals surface area contributed by atoms with Crippen LogP contribution in [0.3, 0.4) is 0 Å². The predicted octanol–water partition coefficient (Wildman–Crippen LogP) is 3.80. The van der Waals surface area contributed by atoms with Crippen LogP contribution in [0.4, 0.5) is 0 Å². The highest BCUT2D eigenvalue weighted by Gasteiger charge is 2.14. The van der Waals surface area contributed by atoms with E-state index in [4.69, 9.17) is 4.74 Å². The molecule has 0 aliphatic heterocycles. The summed E-state index contributed by atoms with van der Waals surface area (Å²) >= 11 is 2.08. The van der Waals surface area contributed by atoms with Crippen molar-refractivity contribution >= 4 is 39.3 Å². The van der Waals surface area contributed by atoms with Crippen LogP contribution in [-0.4, -0.2) is 15.0 Å². The summed E-state index contributed by atoms with van der Waals surface area (Å²) in [6.07, 6.45) is 0.760. The molecule has 0 bridgehead atoms. The Labute approximate surface area is 125 Å². The van der Waals surface area contributed by atoms with E-state index in [0.717, 1.165) is 22.8 Å². The summed E-state index contributed by atoms with van der Waals surface area (Å²) < 4.78 is 5.19. The van der Waals surface area contributed by atoms with E-state index >= 15 is 0 Å². The van der Waals surface area contributed by atoms with Crippen molar-refractivity contribution in [3.05, 3.63) is 42.0 Å². The topological polar surface area (TPSA) is 46.5 Å². The van der Waals surface area contributed by atoms with E-state index in [1.165, 1.54) is 0 Å². The fraction of sp³-hybridized carbons (Fsp3) is 0.267. The number of esters is 1. The Morgan fingerprint density at radius 2 is 1.95 bits per heavy atom. The van der Waals surface area contributed by atoms with Gasteiger partial charge in [-0.05, 0) is 23.4 Å². The third kappa shape index (κ3) is 3.18. The smallest absolute Gasteiger partial charge is 0.319 e. The number of alkyl halides is 1. The summed E-state index contributed by atoms with van der Waals surface area (Å²) in [5.74, 6) is 0.0475. The molecule has 0 aliphatic rings. The number of phenolic OH excluding ortho intramolecular Hbond substituents is 1. The number of ether oxygens (including phenoxy) is 1. The highest BCUT2D eigenvalue weighted by molar-refractivity contribution is 14.1. The lowest BCUT2D eigenvalue weighted by atomic mass is 10.0. The van der Waals surface area contributed by atoms with E-state index < -0.39 is 0 Å². The lowest BCUT2D eigenvalue weighted by Gasteiger charge is -2.11. The molecular formula is C15H15IO3. The van der Waals surface area contributed by atoms with E-state index in [1.807, 2.05) is 31.2 Å². The summed E-state index contributed by atoms with van der Waals surface area (Å²) in [4.78, 5) is 11.7. The maximum absolute atomic E-state index is 11.7. The summed E-state index contributed by atoms with van der Waals surface area (Å²) in [5.41, 5.74) is 0.904. The lowest BCUT2D eigenvalue weighted by molar-refractivity contribution is -0.143. The van der Waals surface area contributed by atoms with E-state index in [0.29, 0.717) is 0 Å². The largest absolute Gasteiger partial charge is 0.507 e. The molecular weight excluding hydrogens is 355 g/mol. The average molecular weight is 370 g/mol. The van der Waals surface area contributed by atoms with Gasteiger partial charge in [0.05, 0.1) is 0 Å². The first kappa shape index (κ1) is 14.1. The minimum atomic E-state index is -0.194. The van der Waals surface area contributed by atoms with Crippen molar-refractivity contribution < 1.29 is 14.6 Å². The Balaban J connectivity index is 2.22. The van der Waals surface area contributed by atoms with Gasteiger partial charge in [0.15, 0.2) is 0 Å². The molecule has 0 aromatic heterocycles. The summed E-state index contributed by atoms with van der Waals surface area (Å²) in [6.45, 7) is 2.19. The second kappa shape index (κ2) is 6.23. The number of phenols is 1. The number of rotatable bonds is 4. The maximum Gasteiger partial charge on any atom is 0.319 e. The van der Waals surface area contributed by atoms with Crippen LogP contribution in [0.1, 0.15) is 18.9 Å². The summed E-state index contributed by atoms with van der Waals surface area (Å²) in [5, 5.41) is 11.5. The number of halogens is 1. The fourth-order valence-corrected chi connectivity index (χ4v) is 2.06. The van der Waals surface area contributed by atoms with Crippen molar-refractivity contribution in [2.45, 2.75) is 23.9 Å². The molecule has 0 spiro atoms. The van der Waals surface area contributed by atoms with E-state index in [1.54, 1.807) is 12.1 Å². The van der Waals surface area contributed by atoms with Crippen LogP contribution in [0.15, 0.2) is 36.4 Å². The lowest BCUT2D eigenvalue weighted by Crippen LogP contribution is -2.16. The maximum atomic E-state index is 11.7. The molecule has 4 heteroatoms. The Bertz CT molecular complexity index is 595. The molecule has 1 unspecified atom stereocenters. The van der Waals surface area contributed by atoms with Gasteiger partial charge in [0.2, 0.25) is 0 Å². The highest BCUT2D eigenvalue weighted by Crippen LogP contribution is 2.27. The molecule has 0 aliphatic carbocycles. The molecule has 2 aromatic carbocycles. The molecule has 19 heavy (non-hydrogen) atoms. The van der Waals surface area contributed by atoms with Gasteiger partial charge in [-0.2, -0.15) is 0 Å². The molecule has 0 saturated heterocycles. The minimum Gasteiger partial charge on any atom is -0.507 e. The molecule has 2 rings (SSSR count). The van der Waals surface area contributed by atoms with Gasteiger partial charge in [-0.15, -0.1) is 0 Å². The fourth-order valence-electron chi connectivity index (χ4n) is 1.88. The molecule has 0 fully saturated rings. The Morgan fingerprint density at radius 1 is 1.26 bits per heavy atom. The van der Waals surface area contributed by atoms with Crippen LogP contribution in [0.25, 0.3) is 10.8 Å². The number of carbonyl (C=O) groups is 1. The van der Waals surface area contributed by atoms with E-state index in [9.17, 15) is 9.90 Å². The van der Waals surface area contributed by atoms with Crippen LogP contribution in [0, 0.1) is 0 Å². The second-order valence-electron chi connectivity index (χ2n) is 4.27. The van der Waals surface area contributed by atoms with E-state index in [2.05, 4.69) is 22.6 Å². The van der Waals surface area contributed by atoms with Gasteiger partial charge in [0, 0.05) is 5.39 Å². The third-order valence-electron chi connectivity index (χ3n) is 2.98. The number of hydrogen-bond donors (Lipinski definition) is 1. The zero-order valence-electron chi connectivity index (χ0n) is 10.6. The first-order chi connectivity index (χ1) is 9.13. The SMILES string of the molecule is CCC(I)C(=O)OCc1ccc(O)c2ccccc12. The van der Waals surface area contributed by atoms with Crippen molar-refractivity contribution in [3.63, 3.8) is 0 Å². The van der Waals surface area contributed by atoms with Crippen LogP contribution in [-0.2, 0) is 16.1 Å². The summed E-state index contributed by atoms with van der Waals surface area (Å²) in [6, 6.07) is 11.0. The van der Waals surface area contributed by atoms with Crippen molar-refractivity contribution in [1.82, 2.24) is 0 Å². The quantitative estimate of drug-likeness (QED) is 0.506. The normalized spacial score (nSPS) is 12.3. The molecule has 3 nitrogen and oxygen atoms in total. The minimum absolute atomic E-state index is 0.110. The van der Waals surface area contributed by atoms with Gasteiger partial charge in [-0.25, -0.2) is 0 Å². The van der Waals surface area contributed by atoms with Gasteiger partial charge in [-0.3, -0.25) is 4.79 Å². The molecule has 0 radical (unpaired) electrons. The van der Waals surface area contributed by atoms with Crippen molar-refractivity contribution in [3.8, 4) is 5.75 Å². The van der Waals surface area contributed by atoms with Gasteiger partial charge in [-0.1, -0.05) is 59.8 Å². The van der Waals surface area contributed by atoms with Crippen LogP contribution in [0.5, 0.6) is 5.75 Å². The zero-order chi connectivity index (χ0) is 13.8. The number of benzene rings is 2. The average Bonchev–Trinajstić information content (AvgIpc) is 2.45. The first-order valence-electron chi connectivity index (χ1n) is 6.13.